The van der Waals surface area contributed by atoms with Crippen LogP contribution in [0.4, 0.5) is 0 Å². The minimum Gasteiger partial charge on any atom is -0.379 e. The lowest BCUT2D eigenvalue weighted by atomic mass is 9.66. The van der Waals surface area contributed by atoms with Gasteiger partial charge in [0.15, 0.2) is 5.78 Å². The maximum absolute atomic E-state index is 14.0. The van der Waals surface area contributed by atoms with E-state index in [-0.39, 0.29) is 35.6 Å². The zero-order chi connectivity index (χ0) is 29.6. The molecule has 2 amide bonds. The molecular formula is C31H39N7O4. The Balaban J connectivity index is 1.25. The summed E-state index contributed by atoms with van der Waals surface area (Å²) in [7, 11) is 0. The summed E-state index contributed by atoms with van der Waals surface area (Å²) < 4.78 is 7.05. The van der Waals surface area contributed by atoms with E-state index in [4.69, 9.17) is 4.74 Å². The second kappa shape index (κ2) is 11.2. The van der Waals surface area contributed by atoms with Gasteiger partial charge in [0.05, 0.1) is 18.7 Å². The zero-order valence-corrected chi connectivity index (χ0v) is 24.9. The number of carbonyl (C=O) groups excluding carboxylic acids is 3. The number of rotatable bonds is 8. The van der Waals surface area contributed by atoms with Crippen LogP contribution in [-0.4, -0.2) is 98.6 Å². The number of ketones is 1. The van der Waals surface area contributed by atoms with E-state index in [9.17, 15) is 14.4 Å². The average molecular weight is 574 g/mol. The molecule has 42 heavy (non-hydrogen) atoms. The predicted molar refractivity (Wildman–Crippen MR) is 157 cm³/mol. The van der Waals surface area contributed by atoms with Crippen LogP contribution in [0, 0.1) is 19.3 Å². The van der Waals surface area contributed by atoms with E-state index in [1.165, 1.54) is 6.92 Å². The van der Waals surface area contributed by atoms with Crippen LogP contribution < -0.4 is 5.32 Å². The molecule has 0 bridgehead atoms. The normalized spacial score (nSPS) is 24.0. The van der Waals surface area contributed by atoms with Crippen molar-refractivity contribution in [3.8, 4) is 11.1 Å². The van der Waals surface area contributed by atoms with E-state index < -0.39 is 6.04 Å². The molecule has 0 radical (unpaired) electrons. The summed E-state index contributed by atoms with van der Waals surface area (Å²) in [6.07, 6.45) is 6.08. The zero-order valence-electron chi connectivity index (χ0n) is 24.9. The molecule has 1 saturated carbocycles. The number of hydrogen-bond acceptors (Lipinski definition) is 8. The molecule has 0 unspecified atom stereocenters. The van der Waals surface area contributed by atoms with Gasteiger partial charge < -0.3 is 15.0 Å². The van der Waals surface area contributed by atoms with E-state index in [1.807, 2.05) is 30.9 Å². The Kier molecular flexibility index (Phi) is 7.57. The van der Waals surface area contributed by atoms with Crippen molar-refractivity contribution >= 4 is 28.5 Å². The second-order valence-electron chi connectivity index (χ2n) is 12.2. The first kappa shape index (κ1) is 28.4. The van der Waals surface area contributed by atoms with Gasteiger partial charge in [-0.25, -0.2) is 9.97 Å². The van der Waals surface area contributed by atoms with Crippen LogP contribution in [0.2, 0.25) is 0 Å². The first-order valence-corrected chi connectivity index (χ1v) is 14.8. The molecule has 11 nitrogen and oxygen atoms in total. The molecule has 1 aromatic carbocycles. The van der Waals surface area contributed by atoms with Gasteiger partial charge in [-0.3, -0.25) is 24.0 Å². The Bertz CT molecular complexity index is 1530. The lowest BCUT2D eigenvalue weighted by Crippen LogP contribution is -2.54. The van der Waals surface area contributed by atoms with E-state index >= 15 is 0 Å². The topological polar surface area (TPSA) is 123 Å². The van der Waals surface area contributed by atoms with Gasteiger partial charge in [0.2, 0.25) is 11.8 Å². The summed E-state index contributed by atoms with van der Waals surface area (Å²) in [5, 5.41) is 8.42. The molecule has 3 aromatic rings. The van der Waals surface area contributed by atoms with Crippen LogP contribution >= 0.6 is 0 Å². The highest BCUT2D eigenvalue weighted by atomic mass is 16.5. The lowest BCUT2D eigenvalue weighted by Gasteiger charge is -2.44. The maximum Gasteiger partial charge on any atom is 0.245 e. The summed E-state index contributed by atoms with van der Waals surface area (Å²) in [5.41, 5.74) is 3.62. The van der Waals surface area contributed by atoms with Gasteiger partial charge in [0.1, 0.15) is 24.1 Å². The standard InChI is InChI=1S/C31H39N7O4/c1-19-13-22(23-16-33-21(3)34-17-23)14-24-28(20(2)39)35-37(29(19)24)18-27(40)38-25(15-31(4)6-5-26(31)38)30(41)32-7-8-36-9-11-42-12-10-36/h13-14,16-17,25-26H,5-12,15,18H2,1-4H3,(H,32,41)/t25-,26+,31+/m0/s1. The average Bonchev–Trinajstić information content (AvgIpc) is 3.42. The van der Waals surface area contributed by atoms with E-state index in [2.05, 4.69) is 32.2 Å². The molecule has 6 rings (SSSR count). The van der Waals surface area contributed by atoms with Crippen molar-refractivity contribution in [2.24, 2.45) is 5.41 Å². The first-order chi connectivity index (χ1) is 20.1. The molecule has 11 heteroatoms. The maximum atomic E-state index is 14.0. The minimum absolute atomic E-state index is 0.0309. The number of nitrogens with zero attached hydrogens (tertiary/aromatic N) is 6. The molecule has 3 aliphatic rings. The van der Waals surface area contributed by atoms with Gasteiger partial charge in [-0.15, -0.1) is 0 Å². The lowest BCUT2D eigenvalue weighted by molar-refractivity contribution is -0.143. The Morgan fingerprint density at radius 1 is 1.10 bits per heavy atom. The molecule has 3 fully saturated rings. The van der Waals surface area contributed by atoms with Gasteiger partial charge >= 0.3 is 0 Å². The molecule has 3 atom stereocenters. The quantitative estimate of drug-likeness (QED) is 0.408. The summed E-state index contributed by atoms with van der Waals surface area (Å²) in [6, 6.07) is 3.45. The molecule has 0 spiro atoms. The SMILES string of the molecule is CC(=O)c1nn(CC(=O)N2[C@H](C(=O)NCCN3CCOCC3)C[C@@]3(C)CC[C@@H]23)c2c(C)cc(-c3cnc(C)nc3)cc12. The Hall–Kier alpha value is -3.70. The first-order valence-electron chi connectivity index (χ1n) is 14.8. The number of likely N-dealkylation sites (tertiary alicyclic amines) is 1. The fraction of sp³-hybridized carbons (Fsp3) is 0.548. The number of Topliss-reactive ketones (excluding diaryl/α,β-unsaturated/α-hetero) is 1. The van der Waals surface area contributed by atoms with Gasteiger partial charge in [-0.2, -0.15) is 5.10 Å². The van der Waals surface area contributed by atoms with Crippen molar-refractivity contribution in [1.29, 1.82) is 0 Å². The third-order valence-corrected chi connectivity index (χ3v) is 9.31. The number of hydrogen-bond donors (Lipinski definition) is 1. The molecule has 2 saturated heterocycles. The van der Waals surface area contributed by atoms with Gasteiger partial charge in [-0.1, -0.05) is 6.92 Å². The van der Waals surface area contributed by atoms with E-state index in [0.717, 1.165) is 54.7 Å². The van der Waals surface area contributed by atoms with Crippen molar-refractivity contribution in [2.45, 2.75) is 65.6 Å². The molecule has 2 aromatic heterocycles. The summed E-state index contributed by atoms with van der Waals surface area (Å²) >= 11 is 0. The van der Waals surface area contributed by atoms with Crippen molar-refractivity contribution < 1.29 is 19.1 Å². The third kappa shape index (κ3) is 5.20. The smallest absolute Gasteiger partial charge is 0.245 e. The summed E-state index contributed by atoms with van der Waals surface area (Å²) in [4.78, 5) is 52.8. The Morgan fingerprint density at radius 2 is 1.83 bits per heavy atom. The van der Waals surface area contributed by atoms with Gasteiger partial charge in [0.25, 0.3) is 0 Å². The molecule has 1 N–H and O–H groups in total. The molecule has 2 aliphatic heterocycles. The monoisotopic (exact) mass is 573 g/mol. The van der Waals surface area contributed by atoms with Gasteiger partial charge in [0, 0.05) is 62.5 Å². The van der Waals surface area contributed by atoms with Crippen LogP contribution in [0.15, 0.2) is 24.5 Å². The highest BCUT2D eigenvalue weighted by Crippen LogP contribution is 2.54. The number of benzene rings is 1. The number of aryl methyl sites for hydroxylation is 2. The number of morpholine rings is 1. The van der Waals surface area contributed by atoms with Crippen molar-refractivity contribution in [1.82, 2.24) is 34.9 Å². The molecule has 222 valence electrons. The van der Waals surface area contributed by atoms with Crippen LogP contribution in [0.3, 0.4) is 0 Å². The number of nitrogens with one attached hydrogen (secondary N) is 1. The fourth-order valence-corrected chi connectivity index (χ4v) is 6.90. The Labute approximate surface area is 245 Å². The minimum atomic E-state index is -0.511. The van der Waals surface area contributed by atoms with Crippen LogP contribution in [0.25, 0.3) is 22.0 Å². The van der Waals surface area contributed by atoms with Crippen molar-refractivity contribution in [2.75, 3.05) is 39.4 Å². The number of amides is 2. The number of carbonyl (C=O) groups is 3. The summed E-state index contributed by atoms with van der Waals surface area (Å²) in [5.74, 6) is 0.267. The van der Waals surface area contributed by atoms with Crippen molar-refractivity contribution in [3.63, 3.8) is 0 Å². The third-order valence-electron chi connectivity index (χ3n) is 9.31. The van der Waals surface area contributed by atoms with Crippen LogP contribution in [0.5, 0.6) is 0 Å². The Morgan fingerprint density at radius 3 is 2.50 bits per heavy atom. The molecular weight excluding hydrogens is 534 g/mol. The molecule has 4 heterocycles. The number of ether oxygens (including phenoxy) is 1. The largest absolute Gasteiger partial charge is 0.379 e. The highest BCUT2D eigenvalue weighted by Gasteiger charge is 2.58. The summed E-state index contributed by atoms with van der Waals surface area (Å²) in [6.45, 7) is 11.9. The van der Waals surface area contributed by atoms with E-state index in [0.29, 0.717) is 43.1 Å². The number of fused-ring (bicyclic) bond motifs is 2. The highest BCUT2D eigenvalue weighted by molar-refractivity contribution is 6.07. The number of aromatic nitrogens is 4. The fourth-order valence-electron chi connectivity index (χ4n) is 6.90. The predicted octanol–water partition coefficient (Wildman–Crippen LogP) is 2.53. The van der Waals surface area contributed by atoms with E-state index in [1.54, 1.807) is 17.1 Å². The van der Waals surface area contributed by atoms with Crippen LogP contribution in [0.1, 0.15) is 55.0 Å². The van der Waals surface area contributed by atoms with Gasteiger partial charge in [-0.05, 0) is 61.8 Å². The molecule has 1 aliphatic carbocycles. The van der Waals surface area contributed by atoms with Crippen LogP contribution in [-0.2, 0) is 20.9 Å². The van der Waals surface area contributed by atoms with Crippen molar-refractivity contribution in [3.05, 3.63) is 41.6 Å². The second-order valence-corrected chi connectivity index (χ2v) is 12.2.